The number of nitrogens with zero attached hydrogens (tertiary/aromatic N) is 4. The van der Waals surface area contributed by atoms with Crippen LogP contribution in [0, 0.1) is 6.92 Å². The third-order valence-corrected chi connectivity index (χ3v) is 2.45. The lowest BCUT2D eigenvalue weighted by Gasteiger charge is -2.08. The molecule has 0 aromatic carbocycles. The number of nitrogens with two attached hydrogens (primary N) is 1. The first-order chi connectivity index (χ1) is 8.08. The third kappa shape index (κ3) is 2.39. The Labute approximate surface area is 104 Å². The van der Waals surface area contributed by atoms with Crippen molar-refractivity contribution in [3.8, 4) is 0 Å². The van der Waals surface area contributed by atoms with Crippen LogP contribution in [-0.4, -0.2) is 25.0 Å². The Morgan fingerprint density at radius 1 is 1.53 bits per heavy atom. The topological polar surface area (TPSA) is 81.6 Å². The monoisotopic (exact) mass is 248 g/mol. The maximum atomic E-state index is 5.61. The number of aryl methyl sites for hydroxylation is 2. The lowest BCUT2D eigenvalue weighted by atomic mass is 10.3. The molecule has 0 aliphatic rings. The molecule has 7 heteroatoms. The number of nitrogens with one attached hydrogen (secondary N) is 1. The van der Waals surface area contributed by atoms with Gasteiger partial charge in [0.25, 0.3) is 0 Å². The molecule has 17 heavy (non-hydrogen) atoms. The molecule has 0 aliphatic heterocycles. The summed E-state index contributed by atoms with van der Waals surface area (Å²) >= 11 is 4.95. The fourth-order valence-electron chi connectivity index (χ4n) is 1.47. The summed E-state index contributed by atoms with van der Waals surface area (Å²) in [7, 11) is 1.84. The van der Waals surface area contributed by atoms with Crippen molar-refractivity contribution in [2.45, 2.75) is 6.92 Å². The van der Waals surface area contributed by atoms with Gasteiger partial charge in [-0.1, -0.05) is 12.2 Å². The minimum Gasteiger partial charge on any atom is -0.389 e. The Hall–Kier alpha value is -2.02. The molecule has 2 aromatic heterocycles. The smallest absolute Gasteiger partial charge is 0.164 e. The number of aromatic nitrogens is 4. The Bertz CT molecular complexity index is 562. The summed E-state index contributed by atoms with van der Waals surface area (Å²) in [5.41, 5.74) is 7.19. The van der Waals surface area contributed by atoms with E-state index in [-0.39, 0.29) is 4.99 Å². The maximum absolute atomic E-state index is 5.61. The van der Waals surface area contributed by atoms with Crippen LogP contribution in [0.4, 0.5) is 11.6 Å². The van der Waals surface area contributed by atoms with Crippen LogP contribution in [0.3, 0.4) is 0 Å². The van der Waals surface area contributed by atoms with E-state index < -0.39 is 0 Å². The normalized spacial score (nSPS) is 10.2. The molecule has 0 aliphatic carbocycles. The highest BCUT2D eigenvalue weighted by Crippen LogP contribution is 2.17. The van der Waals surface area contributed by atoms with Gasteiger partial charge in [-0.15, -0.1) is 5.10 Å². The van der Waals surface area contributed by atoms with Gasteiger partial charge in [-0.3, -0.25) is 4.68 Å². The van der Waals surface area contributed by atoms with E-state index in [2.05, 4.69) is 20.6 Å². The van der Waals surface area contributed by atoms with Gasteiger partial charge in [0.05, 0.1) is 17.5 Å². The highest BCUT2D eigenvalue weighted by atomic mass is 32.1. The Morgan fingerprint density at radius 2 is 2.29 bits per heavy atom. The molecule has 0 bridgehead atoms. The minimum absolute atomic E-state index is 0.279. The summed E-state index contributed by atoms with van der Waals surface area (Å²) in [4.78, 5) is 0.279. The molecule has 0 spiro atoms. The summed E-state index contributed by atoms with van der Waals surface area (Å²) < 4.78 is 1.72. The predicted molar refractivity (Wildman–Crippen MR) is 69.1 cm³/mol. The highest BCUT2D eigenvalue weighted by Gasteiger charge is 2.09. The van der Waals surface area contributed by atoms with Crippen molar-refractivity contribution in [1.29, 1.82) is 0 Å². The number of thiocarbonyl (C=S) groups is 1. The lowest BCUT2D eigenvalue weighted by molar-refractivity contribution is 0.764. The van der Waals surface area contributed by atoms with Gasteiger partial charge >= 0.3 is 0 Å². The van der Waals surface area contributed by atoms with Gasteiger partial charge in [-0.05, 0) is 13.0 Å². The zero-order chi connectivity index (χ0) is 12.4. The van der Waals surface area contributed by atoms with Crippen LogP contribution in [0.5, 0.6) is 0 Å². The second-order valence-corrected chi connectivity index (χ2v) is 4.02. The van der Waals surface area contributed by atoms with Crippen LogP contribution < -0.4 is 11.1 Å². The molecule has 0 fully saturated rings. The van der Waals surface area contributed by atoms with Crippen molar-refractivity contribution in [2.24, 2.45) is 12.8 Å². The first-order valence-electron chi connectivity index (χ1n) is 4.97. The molecule has 88 valence electrons. The third-order valence-electron chi connectivity index (χ3n) is 2.23. The van der Waals surface area contributed by atoms with Crippen LogP contribution in [0.2, 0.25) is 0 Å². The van der Waals surface area contributed by atoms with Crippen molar-refractivity contribution in [3.63, 3.8) is 0 Å². The SMILES string of the molecule is Cc1cc(Nc2nnccc2C(N)=S)n(C)n1. The van der Waals surface area contributed by atoms with Crippen LogP contribution in [0.15, 0.2) is 18.3 Å². The molecule has 0 saturated carbocycles. The number of hydrogen-bond donors (Lipinski definition) is 2. The van der Waals surface area contributed by atoms with E-state index in [1.54, 1.807) is 16.9 Å². The number of rotatable bonds is 3. The minimum atomic E-state index is 0.279. The van der Waals surface area contributed by atoms with E-state index >= 15 is 0 Å². The molecule has 0 unspecified atom stereocenters. The molecule has 2 rings (SSSR count). The molecule has 2 heterocycles. The quantitative estimate of drug-likeness (QED) is 0.785. The van der Waals surface area contributed by atoms with E-state index in [1.807, 2.05) is 20.0 Å². The fraction of sp³-hybridized carbons (Fsp3) is 0.200. The van der Waals surface area contributed by atoms with Crippen LogP contribution in [0.25, 0.3) is 0 Å². The van der Waals surface area contributed by atoms with Gasteiger partial charge in [0.1, 0.15) is 10.8 Å². The van der Waals surface area contributed by atoms with Crippen LogP contribution in [-0.2, 0) is 7.05 Å². The van der Waals surface area contributed by atoms with Crippen LogP contribution >= 0.6 is 12.2 Å². The molecule has 0 radical (unpaired) electrons. The number of hydrogen-bond acceptors (Lipinski definition) is 5. The second-order valence-electron chi connectivity index (χ2n) is 3.58. The Balaban J connectivity index is 2.36. The summed E-state index contributed by atoms with van der Waals surface area (Å²) in [6.45, 7) is 1.91. The molecule has 0 amide bonds. The van der Waals surface area contributed by atoms with E-state index in [4.69, 9.17) is 18.0 Å². The van der Waals surface area contributed by atoms with Crippen molar-refractivity contribution in [1.82, 2.24) is 20.0 Å². The molecule has 0 saturated heterocycles. The van der Waals surface area contributed by atoms with E-state index in [1.165, 1.54) is 0 Å². The van der Waals surface area contributed by atoms with Gasteiger partial charge in [0, 0.05) is 13.1 Å². The van der Waals surface area contributed by atoms with E-state index in [0.29, 0.717) is 11.4 Å². The van der Waals surface area contributed by atoms with Gasteiger partial charge in [0.2, 0.25) is 0 Å². The van der Waals surface area contributed by atoms with E-state index in [0.717, 1.165) is 11.5 Å². The predicted octanol–water partition coefficient (Wildman–Crippen LogP) is 0.896. The molecule has 0 atom stereocenters. The number of anilines is 2. The summed E-state index contributed by atoms with van der Waals surface area (Å²) in [6, 6.07) is 3.62. The van der Waals surface area contributed by atoms with Gasteiger partial charge < -0.3 is 11.1 Å². The maximum Gasteiger partial charge on any atom is 0.164 e. The van der Waals surface area contributed by atoms with Crippen molar-refractivity contribution < 1.29 is 0 Å². The first-order valence-corrected chi connectivity index (χ1v) is 5.38. The van der Waals surface area contributed by atoms with Gasteiger partial charge in [0.15, 0.2) is 5.82 Å². The average Bonchev–Trinajstić information content (AvgIpc) is 2.58. The standard InChI is InChI=1S/C10H12N6S/c1-6-5-8(16(2)15-6)13-10-7(9(11)17)3-4-12-14-10/h3-5H,1-2H3,(H2,11,17)(H,13,14). The Kier molecular flexibility index (Phi) is 3.01. The summed E-state index contributed by atoms with van der Waals surface area (Å²) in [5.74, 6) is 1.34. The zero-order valence-corrected chi connectivity index (χ0v) is 10.3. The fourth-order valence-corrected chi connectivity index (χ4v) is 1.64. The average molecular weight is 248 g/mol. The molecule has 2 aromatic rings. The molecule has 6 nitrogen and oxygen atoms in total. The van der Waals surface area contributed by atoms with E-state index in [9.17, 15) is 0 Å². The van der Waals surface area contributed by atoms with Crippen molar-refractivity contribution in [3.05, 3.63) is 29.6 Å². The van der Waals surface area contributed by atoms with Crippen molar-refractivity contribution >= 4 is 28.8 Å². The van der Waals surface area contributed by atoms with Gasteiger partial charge in [-0.2, -0.15) is 10.2 Å². The summed E-state index contributed by atoms with van der Waals surface area (Å²) in [6.07, 6.45) is 1.55. The molecule has 3 N–H and O–H groups in total. The lowest BCUT2D eigenvalue weighted by Crippen LogP contribution is -2.14. The highest BCUT2D eigenvalue weighted by molar-refractivity contribution is 7.80. The van der Waals surface area contributed by atoms with Crippen LogP contribution in [0.1, 0.15) is 11.3 Å². The van der Waals surface area contributed by atoms with Gasteiger partial charge in [-0.25, -0.2) is 0 Å². The van der Waals surface area contributed by atoms with Crippen molar-refractivity contribution in [2.75, 3.05) is 5.32 Å². The summed E-state index contributed by atoms with van der Waals surface area (Å²) in [5, 5.41) is 15.1. The second kappa shape index (κ2) is 4.46. The largest absolute Gasteiger partial charge is 0.389 e. The Morgan fingerprint density at radius 3 is 2.88 bits per heavy atom. The molecular weight excluding hydrogens is 236 g/mol. The zero-order valence-electron chi connectivity index (χ0n) is 9.51. The molecular formula is C10H12N6S. The first kappa shape index (κ1) is 11.5.